The summed E-state index contributed by atoms with van der Waals surface area (Å²) in [6.07, 6.45) is 3.44. The van der Waals surface area contributed by atoms with Crippen molar-refractivity contribution in [1.82, 2.24) is 9.80 Å². The second kappa shape index (κ2) is 15.8. The Morgan fingerprint density at radius 2 is 1.43 bits per heavy atom. The predicted molar refractivity (Wildman–Crippen MR) is 178 cm³/mol. The second-order valence-corrected chi connectivity index (χ2v) is 11.8. The number of nitrogens with zero attached hydrogens (tertiary/aromatic N) is 4. The molecule has 2 N–H and O–H groups in total. The maximum absolute atomic E-state index is 6.06. The molecule has 2 aliphatic rings. The van der Waals surface area contributed by atoms with E-state index in [4.69, 9.17) is 10.7 Å². The largest absolute Gasteiger partial charge is 0.397 e. The third-order valence-corrected chi connectivity index (χ3v) is 7.47. The van der Waals surface area contributed by atoms with Crippen LogP contribution in [0.25, 0.3) is 5.57 Å². The summed E-state index contributed by atoms with van der Waals surface area (Å²) in [5, 5.41) is 0. The minimum absolute atomic E-state index is 0.143. The van der Waals surface area contributed by atoms with Gasteiger partial charge in [-0.3, -0.25) is 4.99 Å². The van der Waals surface area contributed by atoms with Gasteiger partial charge in [-0.05, 0) is 92.4 Å². The minimum atomic E-state index is 0.143. The SMILES string of the molecule is C=C(N)C1=C(c2ccc(N(C)C)cc2)CC(c2ccc(C(C)(C)C)cc2)=N1.CC.CCN1CCCN(C)CCC1. The fourth-order valence-electron chi connectivity index (χ4n) is 4.96. The topological polar surface area (TPSA) is 48.1 Å². The number of benzene rings is 2. The number of anilines is 1. The van der Waals surface area contributed by atoms with Crippen LogP contribution >= 0.6 is 0 Å². The average molecular weight is 546 g/mol. The number of nitrogens with two attached hydrogens (primary N) is 1. The summed E-state index contributed by atoms with van der Waals surface area (Å²) in [4.78, 5) is 11.9. The third kappa shape index (κ3) is 9.64. The van der Waals surface area contributed by atoms with Gasteiger partial charge < -0.3 is 20.4 Å². The molecule has 0 atom stereocenters. The lowest BCUT2D eigenvalue weighted by atomic mass is 9.86. The molecular weight excluding hydrogens is 490 g/mol. The molecule has 0 amide bonds. The van der Waals surface area contributed by atoms with Gasteiger partial charge in [0.15, 0.2) is 0 Å². The van der Waals surface area contributed by atoms with Gasteiger partial charge in [0.2, 0.25) is 0 Å². The number of aliphatic imine (C=N–C) groups is 1. The summed E-state index contributed by atoms with van der Waals surface area (Å²) in [6, 6.07) is 17.2. The lowest BCUT2D eigenvalue weighted by Crippen LogP contribution is -2.34. The van der Waals surface area contributed by atoms with E-state index in [0.29, 0.717) is 5.70 Å². The molecule has 40 heavy (non-hydrogen) atoms. The lowest BCUT2D eigenvalue weighted by molar-refractivity contribution is 0.208. The van der Waals surface area contributed by atoms with Crippen LogP contribution in [0.2, 0.25) is 0 Å². The van der Waals surface area contributed by atoms with Gasteiger partial charge >= 0.3 is 0 Å². The molecule has 1 saturated heterocycles. The molecule has 1 fully saturated rings. The normalized spacial score (nSPS) is 16.6. The van der Waals surface area contributed by atoms with Crippen LogP contribution in [0.4, 0.5) is 5.69 Å². The zero-order valence-electron chi connectivity index (χ0n) is 26.8. The van der Waals surface area contributed by atoms with Crippen molar-refractivity contribution in [3.05, 3.63) is 83.2 Å². The first-order valence-electron chi connectivity index (χ1n) is 15.0. The van der Waals surface area contributed by atoms with Crippen LogP contribution in [0.1, 0.15) is 77.5 Å². The third-order valence-electron chi connectivity index (χ3n) is 7.47. The van der Waals surface area contributed by atoms with E-state index in [2.05, 4.69) is 105 Å². The standard InChI is InChI=1S/C24H29N3.C9H20N2.C2H6/c1-16(25)23-21(17-9-13-20(14-10-17)27(5)6)15-22(26-23)18-7-11-19(12-8-18)24(2,3)4;1-3-11-8-4-6-10(2)7-5-9-11;1-2/h7-14H,1,15,25H2,2-6H3;3-9H2,1-2H3;1-2H3. The fraction of sp³-hybridized carbons (Fsp3) is 0.514. The molecule has 0 bridgehead atoms. The maximum atomic E-state index is 6.06. The highest BCUT2D eigenvalue weighted by atomic mass is 15.2. The molecule has 2 heterocycles. The van der Waals surface area contributed by atoms with Crippen molar-refractivity contribution in [2.75, 3.05) is 58.8 Å². The maximum Gasteiger partial charge on any atom is 0.0898 e. The smallest absolute Gasteiger partial charge is 0.0898 e. The van der Waals surface area contributed by atoms with Gasteiger partial charge in [-0.25, -0.2) is 0 Å². The summed E-state index contributed by atoms with van der Waals surface area (Å²) < 4.78 is 0. The Bertz CT molecular complexity index is 1110. The Balaban J connectivity index is 0.000000360. The van der Waals surface area contributed by atoms with E-state index in [9.17, 15) is 0 Å². The number of allylic oxidation sites excluding steroid dienone is 1. The van der Waals surface area contributed by atoms with Gasteiger partial charge in [0.1, 0.15) is 0 Å². The Morgan fingerprint density at radius 3 is 1.88 bits per heavy atom. The van der Waals surface area contributed by atoms with Crippen LogP contribution in [0.5, 0.6) is 0 Å². The van der Waals surface area contributed by atoms with Crippen molar-refractivity contribution in [3.63, 3.8) is 0 Å². The van der Waals surface area contributed by atoms with Crippen LogP contribution in [-0.4, -0.2) is 69.4 Å². The van der Waals surface area contributed by atoms with Crippen molar-refractivity contribution in [2.45, 2.75) is 66.2 Å². The van der Waals surface area contributed by atoms with Crippen molar-refractivity contribution < 1.29 is 0 Å². The van der Waals surface area contributed by atoms with Crippen LogP contribution in [0.15, 0.2) is 71.5 Å². The van der Waals surface area contributed by atoms with Crippen LogP contribution < -0.4 is 10.6 Å². The van der Waals surface area contributed by atoms with Gasteiger partial charge in [0, 0.05) is 26.2 Å². The van der Waals surface area contributed by atoms with Crippen molar-refractivity contribution in [2.24, 2.45) is 10.7 Å². The first kappa shape index (κ1) is 33.3. The summed E-state index contributed by atoms with van der Waals surface area (Å²) in [5.74, 6) is 0. The zero-order valence-corrected chi connectivity index (χ0v) is 26.8. The van der Waals surface area contributed by atoms with E-state index < -0.39 is 0 Å². The van der Waals surface area contributed by atoms with E-state index >= 15 is 0 Å². The number of hydrogen-bond acceptors (Lipinski definition) is 5. The number of rotatable bonds is 5. The van der Waals surface area contributed by atoms with E-state index in [1.54, 1.807) is 0 Å². The van der Waals surface area contributed by atoms with E-state index in [1.165, 1.54) is 56.8 Å². The van der Waals surface area contributed by atoms with E-state index in [0.717, 1.165) is 34.5 Å². The molecule has 2 aliphatic heterocycles. The molecule has 2 aromatic rings. The summed E-state index contributed by atoms with van der Waals surface area (Å²) in [7, 11) is 6.31. The number of hydrogen-bond donors (Lipinski definition) is 1. The predicted octanol–water partition coefficient (Wildman–Crippen LogP) is 7.19. The lowest BCUT2D eigenvalue weighted by Gasteiger charge is -2.26. The minimum Gasteiger partial charge on any atom is -0.397 e. The van der Waals surface area contributed by atoms with Gasteiger partial charge in [-0.2, -0.15) is 0 Å². The summed E-state index contributed by atoms with van der Waals surface area (Å²) in [6.45, 7) is 23.2. The summed E-state index contributed by atoms with van der Waals surface area (Å²) >= 11 is 0. The molecule has 0 spiro atoms. The van der Waals surface area contributed by atoms with Gasteiger partial charge in [-0.15, -0.1) is 0 Å². The quantitative estimate of drug-likeness (QED) is 0.432. The Morgan fingerprint density at radius 1 is 0.900 bits per heavy atom. The monoisotopic (exact) mass is 545 g/mol. The molecule has 0 aromatic heterocycles. The Kier molecular flexibility index (Phi) is 13.1. The first-order chi connectivity index (χ1) is 19.0. The van der Waals surface area contributed by atoms with Crippen molar-refractivity contribution in [1.29, 1.82) is 0 Å². The molecule has 5 heteroatoms. The van der Waals surface area contributed by atoms with Crippen LogP contribution in [0, 0.1) is 0 Å². The van der Waals surface area contributed by atoms with Crippen LogP contribution in [0.3, 0.4) is 0 Å². The van der Waals surface area contributed by atoms with Gasteiger partial charge in [-0.1, -0.05) is 84.5 Å². The Labute approximate surface area is 245 Å². The highest BCUT2D eigenvalue weighted by molar-refractivity contribution is 6.10. The summed E-state index contributed by atoms with van der Waals surface area (Å²) in [5.41, 5.74) is 14.5. The molecule has 0 saturated carbocycles. The molecule has 0 radical (unpaired) electrons. The van der Waals surface area contributed by atoms with Gasteiger partial charge in [0.05, 0.1) is 17.1 Å². The van der Waals surface area contributed by atoms with E-state index in [-0.39, 0.29) is 5.41 Å². The first-order valence-corrected chi connectivity index (χ1v) is 15.0. The second-order valence-electron chi connectivity index (χ2n) is 11.8. The molecular formula is C35H55N5. The molecule has 5 nitrogen and oxygen atoms in total. The molecule has 0 unspecified atom stereocenters. The molecule has 220 valence electrons. The Hall–Kier alpha value is -2.89. The van der Waals surface area contributed by atoms with Crippen molar-refractivity contribution >= 4 is 17.0 Å². The molecule has 2 aromatic carbocycles. The van der Waals surface area contributed by atoms with Crippen LogP contribution in [-0.2, 0) is 5.41 Å². The highest BCUT2D eigenvalue weighted by Gasteiger charge is 2.22. The van der Waals surface area contributed by atoms with E-state index in [1.807, 2.05) is 27.9 Å². The van der Waals surface area contributed by atoms with Gasteiger partial charge in [0.25, 0.3) is 0 Å². The average Bonchev–Trinajstić information content (AvgIpc) is 3.38. The molecule has 4 rings (SSSR count). The molecule has 0 aliphatic carbocycles. The zero-order chi connectivity index (χ0) is 29.9. The fourth-order valence-corrected chi connectivity index (χ4v) is 4.96. The van der Waals surface area contributed by atoms with Crippen molar-refractivity contribution in [3.8, 4) is 0 Å². The highest BCUT2D eigenvalue weighted by Crippen LogP contribution is 2.34.